The van der Waals surface area contributed by atoms with Crippen LogP contribution in [0.1, 0.15) is 46.5 Å². The monoisotopic (exact) mass is 244 g/mol. The van der Waals surface area contributed by atoms with Gasteiger partial charge in [-0.05, 0) is 31.2 Å². The first-order valence-electron chi connectivity index (χ1n) is 5.23. The van der Waals surface area contributed by atoms with E-state index in [2.05, 4.69) is 0 Å². The molecular formula is C11H13ClO2S. The van der Waals surface area contributed by atoms with Gasteiger partial charge in [0.15, 0.2) is 0 Å². The maximum absolute atomic E-state index is 11.1. The van der Waals surface area contributed by atoms with E-state index in [-0.39, 0.29) is 0 Å². The summed E-state index contributed by atoms with van der Waals surface area (Å²) in [5.74, 6) is -0.877. The number of hydrogen-bond donors (Lipinski definition) is 1. The number of carboxylic acid groups (broad SMARTS) is 1. The highest BCUT2D eigenvalue weighted by molar-refractivity contribution is 7.16. The van der Waals surface area contributed by atoms with Crippen LogP contribution >= 0.6 is 22.9 Å². The lowest BCUT2D eigenvalue weighted by atomic mass is 9.97. The van der Waals surface area contributed by atoms with Gasteiger partial charge in [-0.25, -0.2) is 4.79 Å². The lowest BCUT2D eigenvalue weighted by molar-refractivity contribution is 0.0696. The van der Waals surface area contributed by atoms with Gasteiger partial charge in [0.25, 0.3) is 0 Å². The van der Waals surface area contributed by atoms with Gasteiger partial charge in [0, 0.05) is 4.88 Å². The molecule has 0 aromatic carbocycles. The highest BCUT2D eigenvalue weighted by Crippen LogP contribution is 2.36. The molecule has 1 aromatic heterocycles. The molecule has 0 radical (unpaired) electrons. The van der Waals surface area contributed by atoms with E-state index < -0.39 is 5.97 Å². The third-order valence-corrected chi connectivity index (χ3v) is 4.34. The highest BCUT2D eigenvalue weighted by atomic mass is 35.5. The van der Waals surface area contributed by atoms with Crippen LogP contribution in [-0.4, -0.2) is 11.1 Å². The summed E-state index contributed by atoms with van der Waals surface area (Å²) in [5, 5.41) is 9.09. The predicted octanol–water partition coefficient (Wildman–Crippen LogP) is 3.76. The van der Waals surface area contributed by atoms with E-state index in [1.54, 1.807) is 0 Å². The fourth-order valence-electron chi connectivity index (χ4n) is 2.10. The maximum atomic E-state index is 11.1. The van der Waals surface area contributed by atoms with E-state index in [1.165, 1.54) is 29.1 Å². The van der Waals surface area contributed by atoms with Crippen molar-refractivity contribution in [1.82, 2.24) is 0 Å². The molecule has 0 bridgehead atoms. The molecule has 1 aliphatic rings. The van der Waals surface area contributed by atoms with Crippen molar-refractivity contribution >= 4 is 28.9 Å². The molecule has 0 unspecified atom stereocenters. The lowest BCUT2D eigenvalue weighted by Crippen LogP contribution is -2.03. The second kappa shape index (κ2) is 4.54. The number of aromatic carboxylic acids is 1. The first-order valence-corrected chi connectivity index (χ1v) is 6.43. The topological polar surface area (TPSA) is 37.3 Å². The molecule has 1 aromatic rings. The second-order valence-corrected chi connectivity index (χ2v) is 5.58. The molecule has 0 atom stereocenters. The average Bonchev–Trinajstić information content (AvgIpc) is 2.42. The Morgan fingerprint density at radius 1 is 1.20 bits per heavy atom. The smallest absolute Gasteiger partial charge is 0.338 e. The van der Waals surface area contributed by atoms with Crippen molar-refractivity contribution in [2.24, 2.45) is 0 Å². The Morgan fingerprint density at radius 2 is 1.87 bits per heavy atom. The minimum atomic E-state index is -0.877. The van der Waals surface area contributed by atoms with E-state index in [0.717, 1.165) is 31.2 Å². The van der Waals surface area contributed by atoms with Gasteiger partial charge >= 0.3 is 5.97 Å². The Kier molecular flexibility index (Phi) is 3.32. The fraction of sp³-hybridized carbons (Fsp3) is 0.545. The van der Waals surface area contributed by atoms with E-state index in [1.807, 2.05) is 0 Å². The summed E-state index contributed by atoms with van der Waals surface area (Å²) in [6, 6.07) is 0. The van der Waals surface area contributed by atoms with Crippen molar-refractivity contribution in [3.8, 4) is 0 Å². The molecule has 4 heteroatoms. The number of carboxylic acids is 1. The zero-order valence-electron chi connectivity index (χ0n) is 8.38. The number of halogens is 1. The fourth-order valence-corrected chi connectivity index (χ4v) is 3.68. The van der Waals surface area contributed by atoms with Gasteiger partial charge in [-0.1, -0.05) is 24.4 Å². The molecule has 1 N–H and O–H groups in total. The largest absolute Gasteiger partial charge is 0.478 e. The number of hydrogen-bond acceptors (Lipinski definition) is 2. The van der Waals surface area contributed by atoms with Crippen LogP contribution in [0.15, 0.2) is 0 Å². The molecule has 82 valence electrons. The Morgan fingerprint density at radius 3 is 2.53 bits per heavy atom. The van der Waals surface area contributed by atoms with Crippen molar-refractivity contribution in [3.05, 3.63) is 20.3 Å². The molecule has 1 aliphatic carbocycles. The Balaban J connectivity index is 2.43. The molecule has 0 fully saturated rings. The molecule has 2 rings (SSSR count). The minimum absolute atomic E-state index is 0.360. The third kappa shape index (κ3) is 2.18. The van der Waals surface area contributed by atoms with Gasteiger partial charge in [0.2, 0.25) is 0 Å². The molecule has 2 nitrogen and oxygen atoms in total. The zero-order valence-corrected chi connectivity index (χ0v) is 9.96. The van der Waals surface area contributed by atoms with Gasteiger partial charge in [-0.3, -0.25) is 0 Å². The molecule has 1 heterocycles. The average molecular weight is 245 g/mol. The maximum Gasteiger partial charge on any atom is 0.338 e. The van der Waals surface area contributed by atoms with Crippen molar-refractivity contribution in [2.45, 2.75) is 38.5 Å². The first kappa shape index (κ1) is 11.0. The molecule has 0 saturated carbocycles. The lowest BCUT2D eigenvalue weighted by Gasteiger charge is -2.09. The van der Waals surface area contributed by atoms with E-state index >= 15 is 0 Å². The quantitative estimate of drug-likeness (QED) is 0.817. The van der Waals surface area contributed by atoms with Crippen LogP contribution in [0.25, 0.3) is 0 Å². The van der Waals surface area contributed by atoms with Gasteiger partial charge in [0.1, 0.15) is 4.34 Å². The van der Waals surface area contributed by atoms with Crippen molar-refractivity contribution in [1.29, 1.82) is 0 Å². The molecule has 15 heavy (non-hydrogen) atoms. The van der Waals surface area contributed by atoms with Crippen LogP contribution in [0, 0.1) is 0 Å². The Bertz CT molecular complexity index is 384. The number of carbonyl (C=O) groups is 1. The van der Waals surface area contributed by atoms with Crippen molar-refractivity contribution in [2.75, 3.05) is 0 Å². The van der Waals surface area contributed by atoms with Crippen LogP contribution in [0.4, 0.5) is 0 Å². The zero-order chi connectivity index (χ0) is 10.8. The molecule has 0 spiro atoms. The van der Waals surface area contributed by atoms with Crippen LogP contribution < -0.4 is 0 Å². The normalized spacial score (nSPS) is 16.6. The van der Waals surface area contributed by atoms with Gasteiger partial charge in [-0.15, -0.1) is 11.3 Å². The summed E-state index contributed by atoms with van der Waals surface area (Å²) < 4.78 is 0.453. The minimum Gasteiger partial charge on any atom is -0.478 e. The van der Waals surface area contributed by atoms with Crippen molar-refractivity contribution < 1.29 is 9.90 Å². The number of fused-ring (bicyclic) bond motifs is 1. The molecule has 0 amide bonds. The summed E-state index contributed by atoms with van der Waals surface area (Å²) in [6.45, 7) is 0. The summed E-state index contributed by atoms with van der Waals surface area (Å²) in [7, 11) is 0. The number of thiophene rings is 1. The molecule has 0 saturated heterocycles. The number of rotatable bonds is 1. The highest BCUT2D eigenvalue weighted by Gasteiger charge is 2.22. The van der Waals surface area contributed by atoms with Crippen LogP contribution in [0.5, 0.6) is 0 Å². The first-order chi connectivity index (χ1) is 7.20. The van der Waals surface area contributed by atoms with E-state index in [0.29, 0.717) is 9.90 Å². The predicted molar refractivity (Wildman–Crippen MR) is 62.2 cm³/mol. The summed E-state index contributed by atoms with van der Waals surface area (Å²) in [4.78, 5) is 12.3. The van der Waals surface area contributed by atoms with Crippen LogP contribution in [0.2, 0.25) is 4.34 Å². The summed E-state index contributed by atoms with van der Waals surface area (Å²) >= 11 is 7.43. The Hall–Kier alpha value is -0.540. The molecular weight excluding hydrogens is 232 g/mol. The van der Waals surface area contributed by atoms with Crippen LogP contribution in [0.3, 0.4) is 0 Å². The van der Waals surface area contributed by atoms with Gasteiger partial charge < -0.3 is 5.11 Å². The van der Waals surface area contributed by atoms with Crippen molar-refractivity contribution in [3.63, 3.8) is 0 Å². The Labute approximate surface area is 97.9 Å². The second-order valence-electron chi connectivity index (χ2n) is 3.87. The van der Waals surface area contributed by atoms with Gasteiger partial charge in [-0.2, -0.15) is 0 Å². The third-order valence-electron chi connectivity index (χ3n) is 2.84. The van der Waals surface area contributed by atoms with E-state index in [4.69, 9.17) is 16.7 Å². The summed E-state index contributed by atoms with van der Waals surface area (Å²) in [5.41, 5.74) is 1.36. The van der Waals surface area contributed by atoms with Gasteiger partial charge in [0.05, 0.1) is 5.56 Å². The van der Waals surface area contributed by atoms with Crippen LogP contribution in [-0.2, 0) is 12.8 Å². The summed E-state index contributed by atoms with van der Waals surface area (Å²) in [6.07, 6.45) is 6.56. The standard InChI is InChI=1S/C11H13ClO2S/c12-10-9(11(13)14)7-5-3-1-2-4-6-8(7)15-10/h1-6H2,(H,13,14). The van der Waals surface area contributed by atoms with E-state index in [9.17, 15) is 4.79 Å². The molecule has 0 aliphatic heterocycles. The SMILES string of the molecule is O=C(O)c1c(Cl)sc2c1CCCCCC2. The number of aryl methyl sites for hydroxylation is 1.